The van der Waals surface area contributed by atoms with E-state index in [4.69, 9.17) is 4.42 Å². The molecule has 3 nitrogen and oxygen atoms in total. The molecule has 3 rings (SSSR count). The van der Waals surface area contributed by atoms with Gasteiger partial charge in [0.05, 0.1) is 18.1 Å². The third-order valence-corrected chi connectivity index (χ3v) is 4.61. The van der Waals surface area contributed by atoms with Gasteiger partial charge in [0, 0.05) is 6.42 Å². The van der Waals surface area contributed by atoms with Crippen molar-refractivity contribution in [1.82, 2.24) is 4.90 Å². The summed E-state index contributed by atoms with van der Waals surface area (Å²) < 4.78 is 5.07. The van der Waals surface area contributed by atoms with Crippen LogP contribution in [-0.4, -0.2) is 29.3 Å². The molecule has 0 aromatic carbocycles. The van der Waals surface area contributed by atoms with Crippen molar-refractivity contribution in [2.45, 2.75) is 50.5 Å². The van der Waals surface area contributed by atoms with Gasteiger partial charge in [-0.1, -0.05) is 12.8 Å². The quantitative estimate of drug-likeness (QED) is 0.820. The topological polar surface area (TPSA) is 33.5 Å². The van der Waals surface area contributed by atoms with E-state index >= 15 is 0 Å². The summed E-state index contributed by atoms with van der Waals surface area (Å²) in [6.45, 7) is 2.22. The van der Waals surface area contributed by atoms with Gasteiger partial charge in [-0.15, -0.1) is 0 Å². The molecular formula is C15H21NO2. The second-order valence-corrected chi connectivity index (χ2v) is 5.66. The highest BCUT2D eigenvalue weighted by atomic mass is 16.3. The highest BCUT2D eigenvalue weighted by molar-refractivity contribution is 5.90. The van der Waals surface area contributed by atoms with E-state index in [-0.39, 0.29) is 5.54 Å². The van der Waals surface area contributed by atoms with Crippen LogP contribution in [0.25, 0.3) is 0 Å². The third kappa shape index (κ3) is 2.01. The fourth-order valence-electron chi connectivity index (χ4n) is 3.62. The molecule has 0 unspecified atom stereocenters. The smallest absolute Gasteiger partial charge is 0.157 e. The van der Waals surface area contributed by atoms with Gasteiger partial charge in [0.25, 0.3) is 0 Å². The molecule has 18 heavy (non-hydrogen) atoms. The van der Waals surface area contributed by atoms with Gasteiger partial charge in [-0.3, -0.25) is 9.69 Å². The minimum Gasteiger partial charge on any atom is -0.472 e. The predicted molar refractivity (Wildman–Crippen MR) is 69.4 cm³/mol. The van der Waals surface area contributed by atoms with Gasteiger partial charge in [-0.25, -0.2) is 0 Å². The van der Waals surface area contributed by atoms with Crippen LogP contribution in [0, 0.1) is 0 Å². The lowest BCUT2D eigenvalue weighted by atomic mass is 9.87. The lowest BCUT2D eigenvalue weighted by Gasteiger charge is -2.37. The first kappa shape index (κ1) is 12.0. The lowest BCUT2D eigenvalue weighted by Crippen LogP contribution is -2.52. The van der Waals surface area contributed by atoms with Crippen molar-refractivity contribution in [2.24, 2.45) is 0 Å². The third-order valence-electron chi connectivity index (χ3n) is 4.61. The Hall–Kier alpha value is -1.09. The van der Waals surface area contributed by atoms with Gasteiger partial charge >= 0.3 is 0 Å². The van der Waals surface area contributed by atoms with Crippen LogP contribution in [0.1, 0.15) is 44.1 Å². The molecule has 1 saturated carbocycles. The van der Waals surface area contributed by atoms with Crippen LogP contribution < -0.4 is 0 Å². The molecular weight excluding hydrogens is 226 g/mol. The molecule has 3 heteroatoms. The summed E-state index contributed by atoms with van der Waals surface area (Å²) >= 11 is 0. The second-order valence-electron chi connectivity index (χ2n) is 5.66. The number of Topliss-reactive ketones (excluding diaryl/α,β-unsaturated/α-hetero) is 1. The van der Waals surface area contributed by atoms with Crippen LogP contribution in [0.4, 0.5) is 0 Å². The molecule has 0 bridgehead atoms. The van der Waals surface area contributed by atoms with E-state index in [1.165, 1.54) is 25.7 Å². The van der Waals surface area contributed by atoms with E-state index < -0.39 is 0 Å². The number of likely N-dealkylation sites (tertiary alicyclic amines) is 1. The molecule has 0 spiro atoms. The van der Waals surface area contributed by atoms with E-state index in [0.29, 0.717) is 12.2 Å². The molecule has 0 N–H and O–H groups in total. The Morgan fingerprint density at radius 3 is 2.56 bits per heavy atom. The van der Waals surface area contributed by atoms with E-state index in [1.54, 1.807) is 12.5 Å². The molecule has 1 aromatic heterocycles. The van der Waals surface area contributed by atoms with Gasteiger partial charge < -0.3 is 4.42 Å². The van der Waals surface area contributed by atoms with Crippen molar-refractivity contribution < 1.29 is 9.21 Å². The van der Waals surface area contributed by atoms with Crippen LogP contribution >= 0.6 is 0 Å². The van der Waals surface area contributed by atoms with Gasteiger partial charge in [0.15, 0.2) is 5.78 Å². The van der Waals surface area contributed by atoms with Gasteiger partial charge in [0.1, 0.15) is 0 Å². The highest BCUT2D eigenvalue weighted by Gasteiger charge is 2.45. The Labute approximate surface area is 108 Å². The molecule has 1 saturated heterocycles. The summed E-state index contributed by atoms with van der Waals surface area (Å²) in [5.74, 6) is 0.406. The molecule has 2 aliphatic rings. The zero-order valence-corrected chi connectivity index (χ0v) is 10.9. The minimum absolute atomic E-state index is 0.145. The SMILES string of the molecule is O=C(Cc1ccoc1)C1(N2CCCC2)CCCC1. The number of carbonyl (C=O) groups is 1. The zero-order chi connectivity index (χ0) is 12.4. The van der Waals surface area contributed by atoms with Crippen molar-refractivity contribution in [3.63, 3.8) is 0 Å². The summed E-state index contributed by atoms with van der Waals surface area (Å²) in [4.78, 5) is 15.2. The highest BCUT2D eigenvalue weighted by Crippen LogP contribution is 2.38. The number of furan rings is 1. The molecule has 0 amide bonds. The molecule has 98 valence electrons. The van der Waals surface area contributed by atoms with Gasteiger partial charge in [-0.05, 0) is 50.4 Å². The summed E-state index contributed by atoms with van der Waals surface area (Å²) in [5, 5.41) is 0. The maximum absolute atomic E-state index is 12.7. The number of hydrogen-bond acceptors (Lipinski definition) is 3. The van der Waals surface area contributed by atoms with Crippen LogP contribution in [0.3, 0.4) is 0 Å². The number of rotatable bonds is 4. The second kappa shape index (κ2) is 4.88. The Bertz CT molecular complexity index is 398. The predicted octanol–water partition coefficient (Wildman–Crippen LogP) is 2.80. The number of ketones is 1. The summed E-state index contributed by atoms with van der Waals surface area (Å²) in [6.07, 6.45) is 10.9. The molecule has 0 atom stereocenters. The maximum Gasteiger partial charge on any atom is 0.157 e. The van der Waals surface area contributed by atoms with E-state index in [1.807, 2.05) is 6.07 Å². The van der Waals surface area contributed by atoms with Crippen molar-refractivity contribution in [2.75, 3.05) is 13.1 Å². The summed E-state index contributed by atoms with van der Waals surface area (Å²) in [5.41, 5.74) is 0.874. The fourth-order valence-corrected chi connectivity index (χ4v) is 3.62. The van der Waals surface area contributed by atoms with Crippen LogP contribution in [0.2, 0.25) is 0 Å². The average molecular weight is 247 g/mol. The fraction of sp³-hybridized carbons (Fsp3) is 0.667. The summed E-state index contributed by atoms with van der Waals surface area (Å²) in [7, 11) is 0. The average Bonchev–Trinajstić information content (AvgIpc) is 3.12. The number of nitrogens with zero attached hydrogens (tertiary/aromatic N) is 1. The van der Waals surface area contributed by atoms with Crippen LogP contribution in [0.5, 0.6) is 0 Å². The van der Waals surface area contributed by atoms with Gasteiger partial charge in [-0.2, -0.15) is 0 Å². The Kier molecular flexibility index (Phi) is 3.25. The first-order valence-corrected chi connectivity index (χ1v) is 7.11. The van der Waals surface area contributed by atoms with E-state index in [2.05, 4.69) is 4.90 Å². The van der Waals surface area contributed by atoms with Crippen molar-refractivity contribution in [1.29, 1.82) is 0 Å². The Morgan fingerprint density at radius 2 is 1.94 bits per heavy atom. The number of carbonyl (C=O) groups excluding carboxylic acids is 1. The van der Waals surface area contributed by atoms with Crippen LogP contribution in [0.15, 0.2) is 23.0 Å². The van der Waals surface area contributed by atoms with Gasteiger partial charge in [0.2, 0.25) is 0 Å². The zero-order valence-electron chi connectivity index (χ0n) is 10.9. The van der Waals surface area contributed by atoms with Crippen molar-refractivity contribution >= 4 is 5.78 Å². The largest absolute Gasteiger partial charge is 0.472 e. The number of hydrogen-bond donors (Lipinski definition) is 0. The standard InChI is InChI=1S/C15H21NO2/c17-14(11-13-5-10-18-12-13)15(6-1-2-7-15)16-8-3-4-9-16/h5,10,12H,1-4,6-9,11H2. The monoisotopic (exact) mass is 247 g/mol. The van der Waals surface area contributed by atoms with Crippen LogP contribution in [-0.2, 0) is 11.2 Å². The molecule has 2 heterocycles. The molecule has 2 fully saturated rings. The molecule has 1 aliphatic carbocycles. The van der Waals surface area contributed by atoms with E-state index in [0.717, 1.165) is 31.5 Å². The summed E-state index contributed by atoms with van der Waals surface area (Å²) in [6, 6.07) is 1.91. The maximum atomic E-state index is 12.7. The first-order chi connectivity index (χ1) is 8.81. The van der Waals surface area contributed by atoms with Crippen molar-refractivity contribution in [3.8, 4) is 0 Å². The van der Waals surface area contributed by atoms with E-state index in [9.17, 15) is 4.79 Å². The minimum atomic E-state index is -0.145. The molecule has 1 aromatic rings. The lowest BCUT2D eigenvalue weighted by molar-refractivity contribution is -0.129. The normalized spacial score (nSPS) is 23.6. The Balaban J connectivity index is 1.78. The first-order valence-electron chi connectivity index (χ1n) is 7.11. The van der Waals surface area contributed by atoms with Crippen molar-refractivity contribution in [3.05, 3.63) is 24.2 Å². The molecule has 0 radical (unpaired) electrons. The Morgan fingerprint density at radius 1 is 1.22 bits per heavy atom. The molecule has 1 aliphatic heterocycles.